The van der Waals surface area contributed by atoms with Gasteiger partial charge in [-0.05, 0) is 59.8 Å². The van der Waals surface area contributed by atoms with Crippen LogP contribution < -0.4 is 0 Å². The second kappa shape index (κ2) is 8.37. The van der Waals surface area contributed by atoms with E-state index in [9.17, 15) is 9.59 Å². The third-order valence-corrected chi connectivity index (χ3v) is 4.30. The Hall–Kier alpha value is -0.940. The highest BCUT2D eigenvalue weighted by Crippen LogP contribution is 2.15. The van der Waals surface area contributed by atoms with E-state index in [1.807, 2.05) is 19.0 Å². The first-order valence-electron chi connectivity index (χ1n) is 7.57. The predicted molar refractivity (Wildman–Crippen MR) is 78.9 cm³/mol. The Bertz CT molecular complexity index is 301. The minimum absolute atomic E-state index is 0.216. The van der Waals surface area contributed by atoms with Gasteiger partial charge in [-0.15, -0.1) is 0 Å². The number of likely N-dealkylation sites (N-methyl/N-ethyl adjacent to an activating group) is 2. The number of aliphatic carboxylic acids is 1. The van der Waals surface area contributed by atoms with Crippen LogP contribution in [0.5, 0.6) is 0 Å². The summed E-state index contributed by atoms with van der Waals surface area (Å²) < 4.78 is 0. The van der Waals surface area contributed by atoms with Crippen LogP contribution in [-0.2, 0) is 9.59 Å². The zero-order valence-corrected chi connectivity index (χ0v) is 13.0. The summed E-state index contributed by atoms with van der Waals surface area (Å²) in [5.41, 5.74) is 0. The van der Waals surface area contributed by atoms with Gasteiger partial charge in [0.15, 0.2) is 0 Å². The summed E-state index contributed by atoms with van der Waals surface area (Å²) in [4.78, 5) is 25.6. The quantitative estimate of drug-likeness (QED) is 0.835. The molecule has 116 valence electrons. The van der Waals surface area contributed by atoms with E-state index in [1.165, 1.54) is 12.8 Å². The van der Waals surface area contributed by atoms with Crippen LogP contribution in [0.15, 0.2) is 0 Å². The van der Waals surface area contributed by atoms with Crippen molar-refractivity contribution >= 4 is 11.8 Å². The fraction of sp³-hybridized carbons (Fsp3) is 0.867. The van der Waals surface area contributed by atoms with Crippen LogP contribution in [0.3, 0.4) is 0 Å². The molecular weight excluding hydrogens is 256 g/mol. The number of hydrogen-bond donors (Lipinski definition) is 1. The van der Waals surface area contributed by atoms with Crippen molar-refractivity contribution in [2.24, 2.45) is 0 Å². The molecular formula is C15H28N2O3. The molecule has 2 rings (SSSR count). The van der Waals surface area contributed by atoms with Crippen molar-refractivity contribution in [1.82, 2.24) is 9.80 Å². The molecule has 1 N–H and O–H groups in total. The average Bonchev–Trinajstić information content (AvgIpc) is 2.40. The highest BCUT2D eigenvalue weighted by Gasteiger charge is 2.24. The number of carbonyl (C=O) groups excluding carboxylic acids is 1. The Morgan fingerprint density at radius 3 is 1.60 bits per heavy atom. The Morgan fingerprint density at radius 1 is 0.900 bits per heavy atom. The number of hydrogen-bond acceptors (Lipinski definition) is 4. The predicted octanol–water partition coefficient (Wildman–Crippen LogP) is 1.61. The molecule has 5 heteroatoms. The first-order valence-corrected chi connectivity index (χ1v) is 7.57. The average molecular weight is 284 g/mol. The van der Waals surface area contributed by atoms with E-state index in [0.717, 1.165) is 38.8 Å². The first kappa shape index (κ1) is 17.1. The van der Waals surface area contributed by atoms with E-state index in [-0.39, 0.29) is 12.1 Å². The summed E-state index contributed by atoms with van der Waals surface area (Å²) in [5.74, 6) is -0.357. The lowest BCUT2D eigenvalue weighted by Gasteiger charge is -2.30. The number of carboxylic acid groups (broad SMARTS) is 1. The number of piperidine rings is 2. The molecule has 0 amide bonds. The topological polar surface area (TPSA) is 60.9 Å². The molecule has 2 atom stereocenters. The highest BCUT2D eigenvalue weighted by molar-refractivity contribution is 5.81. The lowest BCUT2D eigenvalue weighted by molar-refractivity contribution is -0.143. The maximum absolute atomic E-state index is 11.0. The SMILES string of the molecule is CC(=O)[C@H]1CCCCN1C.CN1CCCC[C@@H]1C(=O)O. The molecule has 0 saturated carbocycles. The lowest BCUT2D eigenvalue weighted by atomic mass is 10.0. The van der Waals surface area contributed by atoms with Crippen molar-refractivity contribution in [2.75, 3.05) is 27.2 Å². The van der Waals surface area contributed by atoms with Gasteiger partial charge in [-0.1, -0.05) is 12.8 Å². The molecule has 2 saturated heterocycles. The Balaban J connectivity index is 0.000000200. The summed E-state index contributed by atoms with van der Waals surface area (Å²) in [5, 5.41) is 8.67. The molecule has 0 aromatic carbocycles. The van der Waals surface area contributed by atoms with Crippen LogP contribution in [-0.4, -0.2) is 65.9 Å². The summed E-state index contributed by atoms with van der Waals surface area (Å²) in [6, 6.07) is -0.0116. The van der Waals surface area contributed by atoms with Gasteiger partial charge in [-0.3, -0.25) is 19.4 Å². The van der Waals surface area contributed by atoms with Gasteiger partial charge < -0.3 is 5.11 Å². The maximum atomic E-state index is 11.0. The van der Waals surface area contributed by atoms with E-state index < -0.39 is 5.97 Å². The van der Waals surface area contributed by atoms with Gasteiger partial charge in [0.2, 0.25) is 0 Å². The van der Waals surface area contributed by atoms with E-state index in [1.54, 1.807) is 6.92 Å². The smallest absolute Gasteiger partial charge is 0.320 e. The molecule has 2 heterocycles. The van der Waals surface area contributed by atoms with Crippen LogP contribution in [0, 0.1) is 0 Å². The highest BCUT2D eigenvalue weighted by atomic mass is 16.4. The molecule has 2 aliphatic rings. The molecule has 0 aromatic rings. The number of ketones is 1. The molecule has 0 radical (unpaired) electrons. The fourth-order valence-corrected chi connectivity index (χ4v) is 2.98. The van der Waals surface area contributed by atoms with Crippen molar-refractivity contribution in [1.29, 1.82) is 0 Å². The van der Waals surface area contributed by atoms with Gasteiger partial charge in [0.1, 0.15) is 11.8 Å². The Labute approximate surface area is 121 Å². The zero-order chi connectivity index (χ0) is 15.1. The molecule has 2 fully saturated rings. The molecule has 5 nitrogen and oxygen atoms in total. The molecule has 0 aliphatic carbocycles. The zero-order valence-electron chi connectivity index (χ0n) is 13.0. The third-order valence-electron chi connectivity index (χ3n) is 4.30. The molecule has 0 unspecified atom stereocenters. The van der Waals surface area contributed by atoms with Crippen molar-refractivity contribution in [2.45, 2.75) is 57.5 Å². The van der Waals surface area contributed by atoms with Crippen molar-refractivity contribution < 1.29 is 14.7 Å². The summed E-state index contributed by atoms with van der Waals surface area (Å²) in [6.45, 7) is 3.70. The third kappa shape index (κ3) is 5.21. The molecule has 20 heavy (non-hydrogen) atoms. The molecule has 0 aromatic heterocycles. The normalized spacial score (nSPS) is 28.4. The number of likely N-dealkylation sites (tertiary alicyclic amines) is 2. The van der Waals surface area contributed by atoms with Crippen molar-refractivity contribution in [3.05, 3.63) is 0 Å². The summed E-state index contributed by atoms with van der Waals surface area (Å²) >= 11 is 0. The van der Waals surface area contributed by atoms with Gasteiger partial charge in [0.05, 0.1) is 6.04 Å². The van der Waals surface area contributed by atoms with Crippen LogP contribution in [0.25, 0.3) is 0 Å². The lowest BCUT2D eigenvalue weighted by Crippen LogP contribution is -2.41. The van der Waals surface area contributed by atoms with E-state index in [4.69, 9.17) is 5.11 Å². The van der Waals surface area contributed by atoms with Crippen LogP contribution >= 0.6 is 0 Å². The van der Waals surface area contributed by atoms with Crippen LogP contribution in [0.4, 0.5) is 0 Å². The molecule has 2 aliphatic heterocycles. The van der Waals surface area contributed by atoms with Crippen molar-refractivity contribution in [3.63, 3.8) is 0 Å². The Morgan fingerprint density at radius 2 is 1.35 bits per heavy atom. The van der Waals surface area contributed by atoms with Crippen LogP contribution in [0.1, 0.15) is 45.4 Å². The standard InChI is InChI=1S/C8H15NO.C7H13NO2/c1-7(10)8-5-3-4-6-9(8)2;1-8-5-3-2-4-6(8)7(9)10/h8H,3-6H2,1-2H3;6H,2-5H2,1H3,(H,9,10)/t8-;6-/m11/s1. The second-order valence-corrected chi connectivity index (χ2v) is 5.93. The minimum atomic E-state index is -0.679. The van der Waals surface area contributed by atoms with Crippen molar-refractivity contribution in [3.8, 4) is 0 Å². The van der Waals surface area contributed by atoms with Crippen LogP contribution in [0.2, 0.25) is 0 Å². The number of carboxylic acids is 1. The van der Waals surface area contributed by atoms with E-state index in [0.29, 0.717) is 5.78 Å². The van der Waals surface area contributed by atoms with Gasteiger partial charge in [-0.25, -0.2) is 0 Å². The number of Topliss-reactive ketones (excluding diaryl/α,β-unsaturated/α-hetero) is 1. The van der Waals surface area contributed by atoms with Gasteiger partial charge in [0, 0.05) is 0 Å². The monoisotopic (exact) mass is 284 g/mol. The van der Waals surface area contributed by atoms with Gasteiger partial charge in [-0.2, -0.15) is 0 Å². The van der Waals surface area contributed by atoms with Gasteiger partial charge >= 0.3 is 5.97 Å². The fourth-order valence-electron chi connectivity index (χ4n) is 2.98. The number of rotatable bonds is 2. The second-order valence-electron chi connectivity index (χ2n) is 5.93. The first-order chi connectivity index (χ1) is 9.43. The summed E-state index contributed by atoms with van der Waals surface area (Å²) in [7, 11) is 3.91. The van der Waals surface area contributed by atoms with E-state index in [2.05, 4.69) is 4.90 Å². The minimum Gasteiger partial charge on any atom is -0.480 e. The molecule has 0 bridgehead atoms. The number of carbonyl (C=O) groups is 2. The molecule has 0 spiro atoms. The van der Waals surface area contributed by atoms with Gasteiger partial charge in [0.25, 0.3) is 0 Å². The summed E-state index contributed by atoms with van der Waals surface area (Å²) in [6.07, 6.45) is 6.54. The number of nitrogens with zero attached hydrogens (tertiary/aromatic N) is 2. The maximum Gasteiger partial charge on any atom is 0.320 e. The van der Waals surface area contributed by atoms with E-state index >= 15 is 0 Å². The largest absolute Gasteiger partial charge is 0.480 e. The Kier molecular flexibility index (Phi) is 7.16.